The third-order valence-corrected chi connectivity index (χ3v) is 6.71. The smallest absolute Gasteiger partial charge is 0.248 e. The van der Waals surface area contributed by atoms with Crippen LogP contribution in [0.2, 0.25) is 0 Å². The number of hydrogen-bond donors (Lipinski definition) is 1. The lowest BCUT2D eigenvalue weighted by atomic mass is 10.0. The van der Waals surface area contributed by atoms with Crippen LogP contribution in [0.4, 0.5) is 0 Å². The lowest BCUT2D eigenvalue weighted by molar-refractivity contribution is 0.100. The standard InChI is InChI=1S/C25H28N4O3/c1-16-21-13-18(23(31-2)15-24(21)32-27-16)5-9-28-10-7-20(8-11-28)29-12-6-17-3-4-19(25(26)30)14-22(17)29/h3-4,6,12-15,20H,5,7-11H2,1-2H3,(H2,26,30). The molecule has 0 bridgehead atoms. The quantitative estimate of drug-likeness (QED) is 0.496. The van der Waals surface area contributed by atoms with Gasteiger partial charge in [0.2, 0.25) is 5.91 Å². The summed E-state index contributed by atoms with van der Waals surface area (Å²) in [5, 5.41) is 6.26. The molecule has 0 spiro atoms. The molecule has 3 heterocycles. The predicted octanol–water partition coefficient (Wildman–Crippen LogP) is 4.08. The molecule has 1 aliphatic rings. The Kier molecular flexibility index (Phi) is 5.35. The van der Waals surface area contributed by atoms with Gasteiger partial charge in [0.25, 0.3) is 0 Å². The van der Waals surface area contributed by atoms with Crippen LogP contribution in [0.5, 0.6) is 5.75 Å². The number of aryl methyl sites for hydroxylation is 1. The minimum absolute atomic E-state index is 0.385. The topological polar surface area (TPSA) is 86.5 Å². The van der Waals surface area contributed by atoms with E-state index < -0.39 is 0 Å². The number of aromatic nitrogens is 2. The molecule has 7 nitrogen and oxygen atoms in total. The molecule has 2 N–H and O–H groups in total. The summed E-state index contributed by atoms with van der Waals surface area (Å²) >= 11 is 0. The molecular weight excluding hydrogens is 404 g/mol. The number of amides is 1. The average Bonchev–Trinajstić information content (AvgIpc) is 3.40. The van der Waals surface area contributed by atoms with Crippen molar-refractivity contribution in [2.45, 2.75) is 32.2 Å². The van der Waals surface area contributed by atoms with Gasteiger partial charge in [-0.25, -0.2) is 0 Å². The largest absolute Gasteiger partial charge is 0.496 e. The van der Waals surface area contributed by atoms with Crippen LogP contribution in [-0.2, 0) is 6.42 Å². The van der Waals surface area contributed by atoms with E-state index in [1.165, 1.54) is 5.56 Å². The zero-order valence-corrected chi connectivity index (χ0v) is 18.5. The maximum atomic E-state index is 11.6. The van der Waals surface area contributed by atoms with Crippen LogP contribution in [0.1, 0.15) is 40.5 Å². The van der Waals surface area contributed by atoms with E-state index in [0.717, 1.165) is 72.2 Å². The molecule has 0 unspecified atom stereocenters. The zero-order valence-electron chi connectivity index (χ0n) is 18.5. The highest BCUT2D eigenvalue weighted by Crippen LogP contribution is 2.30. The van der Waals surface area contributed by atoms with Crippen LogP contribution >= 0.6 is 0 Å². The van der Waals surface area contributed by atoms with E-state index in [0.29, 0.717) is 11.6 Å². The van der Waals surface area contributed by atoms with E-state index in [9.17, 15) is 4.79 Å². The number of fused-ring (bicyclic) bond motifs is 2. The van der Waals surface area contributed by atoms with Gasteiger partial charge in [-0.2, -0.15) is 0 Å². The molecule has 4 aromatic rings. The van der Waals surface area contributed by atoms with Crippen molar-refractivity contribution in [1.82, 2.24) is 14.6 Å². The fourth-order valence-electron chi connectivity index (χ4n) is 4.84. The number of piperidine rings is 1. The minimum Gasteiger partial charge on any atom is -0.496 e. The van der Waals surface area contributed by atoms with Crippen molar-refractivity contribution in [2.24, 2.45) is 5.73 Å². The summed E-state index contributed by atoms with van der Waals surface area (Å²) in [5.74, 6) is 0.470. The number of carbonyl (C=O) groups excluding carboxylic acids is 1. The Balaban J connectivity index is 1.25. The molecule has 0 atom stereocenters. The van der Waals surface area contributed by atoms with Gasteiger partial charge < -0.3 is 24.5 Å². The summed E-state index contributed by atoms with van der Waals surface area (Å²) in [7, 11) is 1.70. The average molecular weight is 433 g/mol. The van der Waals surface area contributed by atoms with Crippen molar-refractivity contribution >= 4 is 27.8 Å². The highest BCUT2D eigenvalue weighted by atomic mass is 16.5. The van der Waals surface area contributed by atoms with Gasteiger partial charge in [-0.05, 0) is 61.4 Å². The first-order valence-electron chi connectivity index (χ1n) is 11.1. The highest BCUT2D eigenvalue weighted by Gasteiger charge is 2.22. The van der Waals surface area contributed by atoms with Crippen LogP contribution in [0.25, 0.3) is 21.9 Å². The van der Waals surface area contributed by atoms with Crippen molar-refractivity contribution in [3.05, 3.63) is 59.4 Å². The van der Waals surface area contributed by atoms with E-state index in [2.05, 4.69) is 33.0 Å². The van der Waals surface area contributed by atoms with Crippen LogP contribution in [0.15, 0.2) is 47.1 Å². The van der Waals surface area contributed by atoms with Crippen LogP contribution < -0.4 is 10.5 Å². The summed E-state index contributed by atoms with van der Waals surface area (Å²) in [6, 6.07) is 12.3. The SMILES string of the molecule is COc1cc2onc(C)c2cc1CCN1CCC(n2ccc3ccc(C(N)=O)cc32)CC1. The van der Waals surface area contributed by atoms with Gasteiger partial charge in [0.05, 0.1) is 12.8 Å². The molecule has 0 aliphatic carbocycles. The first kappa shape index (κ1) is 20.6. The molecule has 0 radical (unpaired) electrons. The first-order chi connectivity index (χ1) is 15.5. The Bertz CT molecular complexity index is 1280. The molecule has 1 saturated heterocycles. The van der Waals surface area contributed by atoms with E-state index in [-0.39, 0.29) is 5.91 Å². The summed E-state index contributed by atoms with van der Waals surface area (Å²) in [6.07, 6.45) is 5.21. The number of likely N-dealkylation sites (tertiary alicyclic amines) is 1. The Hall–Kier alpha value is -3.32. The molecule has 32 heavy (non-hydrogen) atoms. The number of nitrogens with two attached hydrogens (primary N) is 1. The summed E-state index contributed by atoms with van der Waals surface area (Å²) < 4.78 is 13.3. The van der Waals surface area contributed by atoms with Crippen molar-refractivity contribution in [3.63, 3.8) is 0 Å². The number of benzene rings is 2. The van der Waals surface area contributed by atoms with Gasteiger partial charge in [0, 0.05) is 54.4 Å². The Morgan fingerprint density at radius 1 is 1.22 bits per heavy atom. The maximum absolute atomic E-state index is 11.6. The fourth-order valence-corrected chi connectivity index (χ4v) is 4.84. The Morgan fingerprint density at radius 3 is 2.78 bits per heavy atom. The third-order valence-electron chi connectivity index (χ3n) is 6.71. The number of nitrogens with zero attached hydrogens (tertiary/aromatic N) is 3. The van der Waals surface area contributed by atoms with Gasteiger partial charge >= 0.3 is 0 Å². The van der Waals surface area contributed by atoms with Crippen molar-refractivity contribution in [3.8, 4) is 5.75 Å². The molecule has 1 aliphatic heterocycles. The summed E-state index contributed by atoms with van der Waals surface area (Å²) in [5.41, 5.74) is 9.98. The van der Waals surface area contributed by atoms with Crippen LogP contribution in [0, 0.1) is 6.92 Å². The van der Waals surface area contributed by atoms with E-state index >= 15 is 0 Å². The molecule has 2 aromatic heterocycles. The second kappa shape index (κ2) is 8.31. The third kappa shape index (κ3) is 3.73. The number of methoxy groups -OCH3 is 1. The van der Waals surface area contributed by atoms with Crippen molar-refractivity contribution in [1.29, 1.82) is 0 Å². The van der Waals surface area contributed by atoms with Gasteiger partial charge in [0.15, 0.2) is 5.58 Å². The van der Waals surface area contributed by atoms with Gasteiger partial charge in [0.1, 0.15) is 5.75 Å². The second-order valence-corrected chi connectivity index (χ2v) is 8.61. The van der Waals surface area contributed by atoms with Gasteiger partial charge in [-0.3, -0.25) is 4.79 Å². The van der Waals surface area contributed by atoms with Gasteiger partial charge in [-0.15, -0.1) is 0 Å². The Morgan fingerprint density at radius 2 is 2.03 bits per heavy atom. The Labute approximate surface area is 186 Å². The highest BCUT2D eigenvalue weighted by molar-refractivity contribution is 5.97. The van der Waals surface area contributed by atoms with Crippen LogP contribution in [0.3, 0.4) is 0 Å². The summed E-state index contributed by atoms with van der Waals surface area (Å²) in [6.45, 7) is 5.02. The van der Waals surface area contributed by atoms with Crippen LogP contribution in [-0.4, -0.2) is 47.3 Å². The number of rotatable bonds is 6. The molecule has 5 rings (SSSR count). The second-order valence-electron chi connectivity index (χ2n) is 8.61. The predicted molar refractivity (Wildman–Crippen MR) is 124 cm³/mol. The van der Waals surface area contributed by atoms with Gasteiger partial charge in [-0.1, -0.05) is 11.2 Å². The van der Waals surface area contributed by atoms with E-state index in [4.69, 9.17) is 15.0 Å². The molecule has 7 heteroatoms. The fraction of sp³-hybridized carbons (Fsp3) is 0.360. The molecule has 0 saturated carbocycles. The normalized spacial score (nSPS) is 15.6. The number of primary amides is 1. The number of hydrogen-bond acceptors (Lipinski definition) is 5. The van der Waals surface area contributed by atoms with Crippen molar-refractivity contribution < 1.29 is 14.1 Å². The number of ether oxygens (including phenoxy) is 1. The molecule has 2 aromatic carbocycles. The molecule has 1 fully saturated rings. The van der Waals surface area contributed by atoms with E-state index in [1.54, 1.807) is 13.2 Å². The minimum atomic E-state index is -0.385. The lowest BCUT2D eigenvalue weighted by Crippen LogP contribution is -2.35. The first-order valence-corrected chi connectivity index (χ1v) is 11.1. The number of carbonyl (C=O) groups is 1. The molecule has 166 valence electrons. The maximum Gasteiger partial charge on any atom is 0.248 e. The van der Waals surface area contributed by atoms with E-state index in [1.807, 2.05) is 25.1 Å². The summed E-state index contributed by atoms with van der Waals surface area (Å²) in [4.78, 5) is 14.1. The monoisotopic (exact) mass is 432 g/mol. The van der Waals surface area contributed by atoms with Crippen molar-refractivity contribution in [2.75, 3.05) is 26.7 Å². The lowest BCUT2D eigenvalue weighted by Gasteiger charge is -2.33. The molecular formula is C25H28N4O3. The molecule has 1 amide bonds. The zero-order chi connectivity index (χ0) is 22.2.